The lowest BCUT2D eigenvalue weighted by atomic mass is 9.88. The van der Waals surface area contributed by atoms with E-state index < -0.39 is 0 Å². The van der Waals surface area contributed by atoms with Gasteiger partial charge in [0, 0.05) is 18.9 Å². The van der Waals surface area contributed by atoms with Crippen molar-refractivity contribution in [2.75, 3.05) is 13.2 Å². The van der Waals surface area contributed by atoms with E-state index in [1.807, 2.05) is 0 Å². The number of nitrogens with zero attached hydrogens (tertiary/aromatic N) is 2. The van der Waals surface area contributed by atoms with Crippen LogP contribution < -0.4 is 5.32 Å². The second-order valence-electron chi connectivity index (χ2n) is 5.02. The number of amides is 1. The van der Waals surface area contributed by atoms with Gasteiger partial charge in [-0.05, 0) is 18.8 Å². The largest absolute Gasteiger partial charge is 0.376 e. The molecule has 0 radical (unpaired) electrons. The lowest BCUT2D eigenvalue weighted by Gasteiger charge is -2.28. The number of hydrogen-bond acceptors (Lipinski definition) is 4. The molecule has 1 N–H and O–H groups in total. The van der Waals surface area contributed by atoms with E-state index in [9.17, 15) is 4.79 Å². The van der Waals surface area contributed by atoms with Gasteiger partial charge in [-0.25, -0.2) is 4.98 Å². The second kappa shape index (κ2) is 7.19. The van der Waals surface area contributed by atoms with E-state index in [1.165, 1.54) is 31.7 Å². The number of carbonyl (C=O) groups excluding carboxylic acids is 1. The van der Waals surface area contributed by atoms with Gasteiger partial charge in [-0.1, -0.05) is 19.8 Å². The maximum Gasteiger partial charge on any atom is 0.271 e. The highest BCUT2D eigenvalue weighted by Gasteiger charge is 2.21. The SMILES string of the molecule is C[C@@H]1CCCC[C@@H]1OCCNC(=O)c1cnccn1. The molecular weight excluding hydrogens is 242 g/mol. The minimum atomic E-state index is -0.201. The average molecular weight is 263 g/mol. The van der Waals surface area contributed by atoms with Crippen LogP contribution in [0.4, 0.5) is 0 Å². The molecule has 0 bridgehead atoms. The molecule has 104 valence electrons. The summed E-state index contributed by atoms with van der Waals surface area (Å²) >= 11 is 0. The summed E-state index contributed by atoms with van der Waals surface area (Å²) in [7, 11) is 0. The van der Waals surface area contributed by atoms with Crippen LogP contribution in [0.2, 0.25) is 0 Å². The molecule has 2 atom stereocenters. The molecule has 1 aromatic heterocycles. The summed E-state index contributed by atoms with van der Waals surface area (Å²) < 4.78 is 5.83. The summed E-state index contributed by atoms with van der Waals surface area (Å²) in [5, 5.41) is 2.79. The first-order chi connectivity index (χ1) is 9.27. The minimum absolute atomic E-state index is 0.201. The maximum absolute atomic E-state index is 11.7. The van der Waals surface area contributed by atoms with Crippen molar-refractivity contribution >= 4 is 5.91 Å². The van der Waals surface area contributed by atoms with E-state index in [0.717, 1.165) is 6.42 Å². The normalized spacial score (nSPS) is 23.0. The van der Waals surface area contributed by atoms with Crippen molar-refractivity contribution in [2.45, 2.75) is 38.7 Å². The smallest absolute Gasteiger partial charge is 0.271 e. The zero-order valence-corrected chi connectivity index (χ0v) is 11.3. The van der Waals surface area contributed by atoms with E-state index >= 15 is 0 Å². The molecular formula is C14H21N3O2. The Hall–Kier alpha value is -1.49. The van der Waals surface area contributed by atoms with E-state index in [0.29, 0.717) is 30.9 Å². The number of hydrogen-bond donors (Lipinski definition) is 1. The molecule has 1 aliphatic carbocycles. The molecule has 5 nitrogen and oxygen atoms in total. The third kappa shape index (κ3) is 4.28. The van der Waals surface area contributed by atoms with E-state index in [2.05, 4.69) is 22.2 Å². The molecule has 1 aliphatic rings. The van der Waals surface area contributed by atoms with Gasteiger partial charge in [0.25, 0.3) is 5.91 Å². The molecule has 19 heavy (non-hydrogen) atoms. The van der Waals surface area contributed by atoms with Gasteiger partial charge in [-0.3, -0.25) is 9.78 Å². The van der Waals surface area contributed by atoms with Gasteiger partial charge in [0.2, 0.25) is 0 Å². The Balaban J connectivity index is 1.65. The topological polar surface area (TPSA) is 64.1 Å². The number of rotatable bonds is 5. The molecule has 5 heteroatoms. The lowest BCUT2D eigenvalue weighted by Crippen LogP contribution is -2.32. The maximum atomic E-state index is 11.7. The van der Waals surface area contributed by atoms with Crippen molar-refractivity contribution in [2.24, 2.45) is 5.92 Å². The highest BCUT2D eigenvalue weighted by atomic mass is 16.5. The van der Waals surface area contributed by atoms with Crippen molar-refractivity contribution in [3.05, 3.63) is 24.3 Å². The molecule has 0 aliphatic heterocycles. The first-order valence-corrected chi connectivity index (χ1v) is 6.93. The van der Waals surface area contributed by atoms with Crippen LogP contribution in [0.15, 0.2) is 18.6 Å². The fraction of sp³-hybridized carbons (Fsp3) is 0.643. The molecule has 0 saturated heterocycles. The highest BCUT2D eigenvalue weighted by Crippen LogP contribution is 2.25. The quantitative estimate of drug-likeness (QED) is 0.823. The van der Waals surface area contributed by atoms with Crippen LogP contribution in [0.1, 0.15) is 43.1 Å². The minimum Gasteiger partial charge on any atom is -0.376 e. The molecule has 1 heterocycles. The van der Waals surface area contributed by atoms with Gasteiger partial charge < -0.3 is 10.1 Å². The van der Waals surface area contributed by atoms with Gasteiger partial charge in [-0.15, -0.1) is 0 Å². The summed E-state index contributed by atoms with van der Waals surface area (Å²) in [5.74, 6) is 0.429. The summed E-state index contributed by atoms with van der Waals surface area (Å²) in [6, 6.07) is 0. The number of aromatic nitrogens is 2. The third-order valence-electron chi connectivity index (χ3n) is 3.55. The summed E-state index contributed by atoms with van der Waals surface area (Å²) in [6.07, 6.45) is 9.81. The van der Waals surface area contributed by atoms with Gasteiger partial charge in [0.15, 0.2) is 0 Å². The van der Waals surface area contributed by atoms with Crippen LogP contribution in [0, 0.1) is 5.92 Å². The molecule has 0 spiro atoms. The van der Waals surface area contributed by atoms with Crippen LogP contribution in [-0.4, -0.2) is 35.1 Å². The Morgan fingerprint density at radius 2 is 2.26 bits per heavy atom. The Labute approximate surface area is 113 Å². The van der Waals surface area contributed by atoms with Crippen molar-refractivity contribution in [3.63, 3.8) is 0 Å². The van der Waals surface area contributed by atoms with Crippen LogP contribution in [0.5, 0.6) is 0 Å². The molecule has 1 amide bonds. The standard InChI is InChI=1S/C14H21N3O2/c1-11-4-2-3-5-13(11)19-9-8-17-14(18)12-10-15-6-7-16-12/h6-7,10-11,13H,2-5,8-9H2,1H3,(H,17,18)/t11-,13+/m1/s1. The Kier molecular flexibility index (Phi) is 5.27. The zero-order chi connectivity index (χ0) is 13.5. The Morgan fingerprint density at radius 1 is 1.42 bits per heavy atom. The van der Waals surface area contributed by atoms with E-state index in [-0.39, 0.29) is 5.91 Å². The predicted octanol–water partition coefficient (Wildman–Crippen LogP) is 1.80. The van der Waals surface area contributed by atoms with Gasteiger partial charge >= 0.3 is 0 Å². The summed E-state index contributed by atoms with van der Waals surface area (Å²) in [6.45, 7) is 3.31. The monoisotopic (exact) mass is 263 g/mol. The van der Waals surface area contributed by atoms with Crippen LogP contribution in [0.25, 0.3) is 0 Å². The van der Waals surface area contributed by atoms with Gasteiger partial charge in [-0.2, -0.15) is 0 Å². The fourth-order valence-electron chi connectivity index (χ4n) is 2.41. The van der Waals surface area contributed by atoms with Crippen molar-refractivity contribution in [1.29, 1.82) is 0 Å². The summed E-state index contributed by atoms with van der Waals surface area (Å²) in [5.41, 5.74) is 0.341. The highest BCUT2D eigenvalue weighted by molar-refractivity contribution is 5.91. The molecule has 1 saturated carbocycles. The molecule has 2 rings (SSSR count). The van der Waals surface area contributed by atoms with Crippen molar-refractivity contribution < 1.29 is 9.53 Å². The van der Waals surface area contributed by atoms with Crippen molar-refractivity contribution in [1.82, 2.24) is 15.3 Å². The zero-order valence-electron chi connectivity index (χ0n) is 11.3. The second-order valence-corrected chi connectivity index (χ2v) is 5.02. The molecule has 1 aromatic rings. The first kappa shape index (κ1) is 13.9. The third-order valence-corrected chi connectivity index (χ3v) is 3.55. The van der Waals surface area contributed by atoms with Crippen molar-refractivity contribution in [3.8, 4) is 0 Å². The van der Waals surface area contributed by atoms with E-state index in [4.69, 9.17) is 4.74 Å². The molecule has 0 aromatic carbocycles. The molecule has 1 fully saturated rings. The van der Waals surface area contributed by atoms with Crippen LogP contribution in [-0.2, 0) is 4.74 Å². The summed E-state index contributed by atoms with van der Waals surface area (Å²) in [4.78, 5) is 19.5. The predicted molar refractivity (Wildman–Crippen MR) is 71.7 cm³/mol. The van der Waals surface area contributed by atoms with Gasteiger partial charge in [0.1, 0.15) is 5.69 Å². The van der Waals surface area contributed by atoms with Crippen LogP contribution >= 0.6 is 0 Å². The first-order valence-electron chi connectivity index (χ1n) is 6.93. The Morgan fingerprint density at radius 3 is 3.00 bits per heavy atom. The molecule has 0 unspecified atom stereocenters. The van der Waals surface area contributed by atoms with Gasteiger partial charge in [0.05, 0.1) is 18.9 Å². The number of nitrogens with one attached hydrogen (secondary N) is 1. The fourth-order valence-corrected chi connectivity index (χ4v) is 2.41. The number of ether oxygens (including phenoxy) is 1. The van der Waals surface area contributed by atoms with E-state index in [1.54, 1.807) is 6.20 Å². The average Bonchev–Trinajstić information content (AvgIpc) is 2.46. The lowest BCUT2D eigenvalue weighted by molar-refractivity contribution is -0.00295. The Bertz CT molecular complexity index is 397. The number of carbonyl (C=O) groups is 1. The van der Waals surface area contributed by atoms with Crippen LogP contribution in [0.3, 0.4) is 0 Å².